The first-order chi connectivity index (χ1) is 65.8. The average Bonchev–Trinajstić information content (AvgIpc) is 1.66. The first kappa shape index (κ1) is 99.2. The summed E-state index contributed by atoms with van der Waals surface area (Å²) in [4.78, 5) is 84.9. The van der Waals surface area contributed by atoms with Crippen LogP contribution in [0.25, 0.3) is 56.7 Å². The van der Waals surface area contributed by atoms with Crippen molar-refractivity contribution in [3.63, 3.8) is 0 Å². The fraction of sp³-hybridized carbons (Fsp3) is 0.345. The Bertz CT molecular complexity index is 6230. The van der Waals surface area contributed by atoms with Crippen LogP contribution in [0, 0.1) is 12.8 Å². The van der Waals surface area contributed by atoms with E-state index in [4.69, 9.17) is 68.9 Å². The second-order valence-electron chi connectivity index (χ2n) is 34.5. The van der Waals surface area contributed by atoms with Crippen molar-refractivity contribution in [2.45, 2.75) is 201 Å². The van der Waals surface area contributed by atoms with Gasteiger partial charge in [-0.2, -0.15) is 0 Å². The summed E-state index contributed by atoms with van der Waals surface area (Å²) in [7, 11) is 6.85. The third-order valence-corrected chi connectivity index (χ3v) is 27.7. The van der Waals surface area contributed by atoms with Gasteiger partial charge in [0.2, 0.25) is 0 Å². The van der Waals surface area contributed by atoms with E-state index in [1.54, 1.807) is 31.8 Å². The van der Waals surface area contributed by atoms with Gasteiger partial charge in [-0.05, 0) is 236 Å². The van der Waals surface area contributed by atoms with Gasteiger partial charge in [0.1, 0.15) is 51.9 Å². The van der Waals surface area contributed by atoms with Gasteiger partial charge in [-0.15, -0.1) is 11.3 Å². The van der Waals surface area contributed by atoms with E-state index >= 15 is 0 Å². The Morgan fingerprint density at radius 1 is 0.504 bits per heavy atom. The Balaban J connectivity index is 0.000000136. The Hall–Kier alpha value is -11.8. The molecule has 8 aromatic carbocycles. The van der Waals surface area contributed by atoms with Crippen molar-refractivity contribution in [2.75, 3.05) is 34.4 Å². The van der Waals surface area contributed by atoms with Crippen LogP contribution in [-0.4, -0.2) is 116 Å². The maximum absolute atomic E-state index is 13.7. The maximum Gasteiger partial charge on any atom is 0.305 e. The number of esters is 1. The second kappa shape index (κ2) is 49.6. The van der Waals surface area contributed by atoms with E-state index in [-0.39, 0.29) is 23.7 Å². The molecule has 0 atom stereocenters. The number of hydrogen-bond acceptors (Lipinski definition) is 14. The summed E-state index contributed by atoms with van der Waals surface area (Å²) in [5, 5.41) is 6.24. The van der Waals surface area contributed by atoms with Gasteiger partial charge in [-0.25, -0.2) is 24.9 Å². The zero-order valence-electron chi connectivity index (χ0n) is 78.4. The smallest absolute Gasteiger partial charge is 0.305 e. The maximum atomic E-state index is 13.7. The molecule has 25 heteroatoms. The molecule has 1 saturated carbocycles. The molecule has 1 aliphatic carbocycles. The fourth-order valence-corrected chi connectivity index (χ4v) is 20.0. The van der Waals surface area contributed by atoms with E-state index in [1.807, 2.05) is 182 Å². The molecule has 9 heterocycles. The third kappa shape index (κ3) is 26.7. The third-order valence-electron chi connectivity index (χ3n) is 25.3. The number of methoxy groups -OCH3 is 3. The molecule has 14 aromatic rings. The van der Waals surface area contributed by atoms with Gasteiger partial charge in [0, 0.05) is 130 Å². The highest BCUT2D eigenvalue weighted by Crippen LogP contribution is 2.38. The number of nitrogens with zero attached hydrogens (tertiary/aromatic N) is 12. The first-order valence-electron chi connectivity index (χ1n) is 47.3. The predicted molar refractivity (Wildman–Crippen MR) is 546 cm³/mol. The topological polar surface area (TPSA) is 212 Å². The number of carbonyl (C=O) groups excluding carboxylic acids is 4. The first-order valence-corrected chi connectivity index (χ1v) is 50.1. The summed E-state index contributed by atoms with van der Waals surface area (Å²) in [6, 6.07) is 71.8. The van der Waals surface area contributed by atoms with E-state index < -0.39 is 0 Å². The van der Waals surface area contributed by atoms with Crippen molar-refractivity contribution < 1.29 is 33.4 Å². The molecule has 20 nitrogen and oxygen atoms in total. The lowest BCUT2D eigenvalue weighted by molar-refractivity contribution is -0.140. The molecule has 3 amide bonds. The van der Waals surface area contributed by atoms with E-state index in [0.29, 0.717) is 77.7 Å². The Kier molecular flexibility index (Phi) is 36.5. The molecule has 0 saturated heterocycles. The minimum absolute atomic E-state index is 0.0184. The molecule has 0 radical (unpaired) electrons. The average molecular weight is 1960 g/mol. The SMILES string of the molecule is CCN(Cc1cccc(C)c1)C(=O)c1nc(-c2ccc(Cl)cc2)n2c1CCCCC2.CCN(Cc1ccccc1OC)C(=O)c1nc(-c2ccc(Cl)cc2)n2c1CCCCC2.COC(=O)CCc1sc(CC2CCCCC2)nc1-c1ccc(OC)cc1.Cn1c(-c2cccc(Br)c2)cnc1CCc1ccccc1.O=C(NCc1ccccn1)c1nc(-c2ccc(Cl)cc2)n2c1CCCCC2. The molecule has 0 spiro atoms. The summed E-state index contributed by atoms with van der Waals surface area (Å²) in [6.07, 6.45) is 27.1. The van der Waals surface area contributed by atoms with Crippen molar-refractivity contribution in [1.29, 1.82) is 0 Å². The standard InChI is InChI=1S/C25H28ClN3O2.C25H28ClN3O.C21H21ClN4O.C21H27NO3S.C18H17BrN2/c1-3-28(17-19-9-6-7-11-22(19)31-2)25(30)23-21-10-5-4-8-16-29(21)24(27-23)18-12-14-20(26)15-13-18;1-3-28(17-19-9-7-8-18(2)16-19)25(30)23-22-10-5-4-6-15-29(22)24(27-23)20-11-13-21(26)14-12-20;22-16-10-8-15(9-11-16)20-25-19(18-7-2-1-5-13-26(18)20)21(27)24-14-17-6-3-4-12-23-17;1-24-17-10-8-16(9-11-17)21-18(12-13-20(23)25-2)26-19(22-21)14-15-6-4-3-5-7-15;1-21-17(15-8-5-9-16(19)12-15)13-20-18(21)11-10-14-6-3-2-4-7-14/h6-7,9,11-15H,3-5,8,10,16-17H2,1-2H3;7-9,11-14,16H,3-6,10,15,17H2,1-2H3;3-4,6,8-12H,1-2,5,7,13-14H2,(H,24,27);8-11,15H,3-7,12-14H2,1-2H3;2-9,12-13H,10-11H2,1H3. The van der Waals surface area contributed by atoms with Crippen LogP contribution in [0.5, 0.6) is 11.5 Å². The van der Waals surface area contributed by atoms with E-state index in [1.165, 1.54) is 72.2 Å². The van der Waals surface area contributed by atoms with Crippen LogP contribution in [0.4, 0.5) is 0 Å². The summed E-state index contributed by atoms with van der Waals surface area (Å²) in [5.41, 5.74) is 17.8. The molecular weight excluding hydrogens is 1830 g/mol. The Morgan fingerprint density at radius 3 is 1.57 bits per heavy atom. The fourth-order valence-electron chi connectivity index (χ4n) is 18.0. The zero-order valence-corrected chi connectivity index (χ0v) is 83.0. The van der Waals surface area contributed by atoms with Gasteiger partial charge in [-0.1, -0.05) is 199 Å². The molecule has 6 aromatic heterocycles. The van der Waals surface area contributed by atoms with Crippen LogP contribution in [-0.2, 0) is 101 Å². The highest BCUT2D eigenvalue weighted by molar-refractivity contribution is 9.10. The van der Waals surface area contributed by atoms with Crippen LogP contribution in [0.2, 0.25) is 15.1 Å². The van der Waals surface area contributed by atoms with Crippen LogP contribution < -0.4 is 14.8 Å². The van der Waals surface area contributed by atoms with Crippen molar-refractivity contribution in [3.8, 4) is 68.2 Å². The molecule has 135 heavy (non-hydrogen) atoms. The normalized spacial score (nSPS) is 13.4. The quantitative estimate of drug-likeness (QED) is 0.0501. The number of thiazole rings is 1. The molecule has 18 rings (SSSR count). The van der Waals surface area contributed by atoms with E-state index in [9.17, 15) is 19.2 Å². The summed E-state index contributed by atoms with van der Waals surface area (Å²) in [6.45, 7) is 11.5. The highest BCUT2D eigenvalue weighted by atomic mass is 79.9. The van der Waals surface area contributed by atoms with E-state index in [0.717, 1.165) is 222 Å². The minimum atomic E-state index is -0.173. The van der Waals surface area contributed by atoms with Crippen molar-refractivity contribution in [2.24, 2.45) is 13.0 Å². The lowest BCUT2D eigenvalue weighted by Gasteiger charge is -2.22. The Morgan fingerprint density at radius 2 is 1.03 bits per heavy atom. The minimum Gasteiger partial charge on any atom is -0.497 e. The van der Waals surface area contributed by atoms with Crippen LogP contribution >= 0.6 is 62.1 Å². The number of amides is 3. The number of carbonyl (C=O) groups is 4. The van der Waals surface area contributed by atoms with Gasteiger partial charge < -0.3 is 47.6 Å². The van der Waals surface area contributed by atoms with Crippen LogP contribution in [0.1, 0.15) is 202 Å². The number of halogens is 4. The van der Waals surface area contributed by atoms with Gasteiger partial charge in [0.25, 0.3) is 17.7 Å². The lowest BCUT2D eigenvalue weighted by Crippen LogP contribution is -2.31. The van der Waals surface area contributed by atoms with Crippen molar-refractivity contribution in [3.05, 3.63) is 328 Å². The molecule has 1 N–H and O–H groups in total. The lowest BCUT2D eigenvalue weighted by atomic mass is 9.87. The monoisotopic (exact) mass is 1950 g/mol. The summed E-state index contributed by atoms with van der Waals surface area (Å²) < 4.78 is 25.5. The number of benzene rings is 8. The number of ether oxygens (including phenoxy) is 3. The van der Waals surface area contributed by atoms with Crippen molar-refractivity contribution in [1.82, 2.24) is 63.3 Å². The number of fused-ring (bicyclic) bond motifs is 3. The number of nitrogens with one attached hydrogen (secondary N) is 1. The molecular formula is C110H121BrCl3N13O7S. The molecule has 0 bridgehead atoms. The Labute approximate surface area is 821 Å². The second-order valence-corrected chi connectivity index (χ2v) is 37.9. The van der Waals surface area contributed by atoms with Crippen LogP contribution in [0.3, 0.4) is 0 Å². The predicted octanol–water partition coefficient (Wildman–Crippen LogP) is 25.4. The summed E-state index contributed by atoms with van der Waals surface area (Å²) >= 11 is 23.5. The van der Waals surface area contributed by atoms with E-state index in [2.05, 4.69) is 130 Å². The zero-order chi connectivity index (χ0) is 94.5. The molecule has 3 aliphatic heterocycles. The van der Waals surface area contributed by atoms with Crippen molar-refractivity contribution >= 4 is 85.8 Å². The number of aromatic nitrogens is 10. The number of aryl methyl sites for hydroxylation is 4. The van der Waals surface area contributed by atoms with Gasteiger partial charge >= 0.3 is 5.97 Å². The highest BCUT2D eigenvalue weighted by Gasteiger charge is 2.32. The molecule has 702 valence electrons. The van der Waals surface area contributed by atoms with Crippen LogP contribution in [0.15, 0.2) is 235 Å². The number of imidazole rings is 4. The summed E-state index contributed by atoms with van der Waals surface area (Å²) in [5.74, 6) is 5.74. The molecule has 1 fully saturated rings. The number of rotatable bonds is 26. The number of para-hydroxylation sites is 1. The van der Waals surface area contributed by atoms with Gasteiger partial charge in [0.05, 0.1) is 79.7 Å². The van der Waals surface area contributed by atoms with Gasteiger partial charge in [-0.3, -0.25) is 24.2 Å². The molecule has 0 unspecified atom stereocenters. The largest absolute Gasteiger partial charge is 0.497 e. The number of pyridine rings is 1. The molecule has 4 aliphatic rings. The number of hydrogen-bond donors (Lipinski definition) is 1. The van der Waals surface area contributed by atoms with Gasteiger partial charge in [0.15, 0.2) is 0 Å².